The zero-order valence-corrected chi connectivity index (χ0v) is 19.6. The summed E-state index contributed by atoms with van der Waals surface area (Å²) in [6, 6.07) is 11.6. The normalized spacial score (nSPS) is 10.6. The Bertz CT molecular complexity index is 813. The van der Waals surface area contributed by atoms with Gasteiger partial charge < -0.3 is 18.9 Å². The van der Waals surface area contributed by atoms with E-state index in [-0.39, 0.29) is 10.6 Å². The zero-order chi connectivity index (χ0) is 21.9. The summed E-state index contributed by atoms with van der Waals surface area (Å²) in [6.07, 6.45) is 3.40. The first-order chi connectivity index (χ1) is 14.4. The first kappa shape index (κ1) is 24.2. The Balaban J connectivity index is 1.81. The maximum absolute atomic E-state index is 6.05. The molecule has 2 aromatic rings. The molecule has 164 valence electrons. The van der Waals surface area contributed by atoms with Gasteiger partial charge in [-0.15, -0.1) is 0 Å². The van der Waals surface area contributed by atoms with Crippen LogP contribution in [0.1, 0.15) is 38.3 Å². The van der Waals surface area contributed by atoms with E-state index in [1.165, 1.54) is 0 Å². The summed E-state index contributed by atoms with van der Waals surface area (Å²) < 4.78 is 23.4. The van der Waals surface area contributed by atoms with Crippen molar-refractivity contribution >= 4 is 23.2 Å². The molecule has 2 aromatic carbocycles. The van der Waals surface area contributed by atoms with Crippen LogP contribution in [-0.2, 0) is 6.42 Å². The summed E-state index contributed by atoms with van der Waals surface area (Å²) in [5.74, 6) is 3.35. The lowest BCUT2D eigenvalue weighted by molar-refractivity contribution is 0.238. The standard InChI is InChI=1S/C24H30Cl2O4/c1-5-19-16-22(28-14-11-23(25)26)15-18(4)24(19)29-13-6-12-27-20-7-9-21(10-8-20)30-17(2)3/h7-11,15-17H,5-6,12-14H2,1-4H3. The Morgan fingerprint density at radius 1 is 0.933 bits per heavy atom. The Morgan fingerprint density at radius 2 is 1.60 bits per heavy atom. The molecular formula is C24H30Cl2O4. The van der Waals surface area contributed by atoms with Crippen LogP contribution in [-0.4, -0.2) is 25.9 Å². The quantitative estimate of drug-likeness (QED) is 0.328. The predicted molar refractivity (Wildman–Crippen MR) is 124 cm³/mol. The van der Waals surface area contributed by atoms with Crippen LogP contribution in [0.2, 0.25) is 0 Å². The fourth-order valence-electron chi connectivity index (χ4n) is 2.87. The van der Waals surface area contributed by atoms with Gasteiger partial charge in [-0.05, 0) is 80.8 Å². The average molecular weight is 453 g/mol. The number of ether oxygens (including phenoxy) is 4. The molecular weight excluding hydrogens is 423 g/mol. The van der Waals surface area contributed by atoms with Crippen molar-refractivity contribution in [2.75, 3.05) is 19.8 Å². The Labute approximate surface area is 189 Å². The van der Waals surface area contributed by atoms with Crippen molar-refractivity contribution in [2.24, 2.45) is 0 Å². The van der Waals surface area contributed by atoms with Crippen LogP contribution >= 0.6 is 23.2 Å². The molecule has 0 amide bonds. The number of benzene rings is 2. The number of hydrogen-bond donors (Lipinski definition) is 0. The number of halogens is 2. The Hall–Kier alpha value is -2.04. The second kappa shape index (κ2) is 12.6. The molecule has 0 aromatic heterocycles. The molecule has 0 aliphatic carbocycles. The van der Waals surface area contributed by atoms with Gasteiger partial charge in [0.25, 0.3) is 0 Å². The number of rotatable bonds is 12. The van der Waals surface area contributed by atoms with Gasteiger partial charge in [0.15, 0.2) is 0 Å². The minimum Gasteiger partial charge on any atom is -0.493 e. The van der Waals surface area contributed by atoms with Gasteiger partial charge in [0, 0.05) is 6.42 Å². The van der Waals surface area contributed by atoms with Gasteiger partial charge in [-0.25, -0.2) is 0 Å². The third-order valence-corrected chi connectivity index (χ3v) is 4.50. The van der Waals surface area contributed by atoms with Crippen LogP contribution in [0.5, 0.6) is 23.0 Å². The van der Waals surface area contributed by atoms with Crippen molar-refractivity contribution in [1.29, 1.82) is 0 Å². The summed E-state index contributed by atoms with van der Waals surface area (Å²) in [6.45, 7) is 9.61. The molecule has 0 unspecified atom stereocenters. The second-order valence-corrected chi connectivity index (χ2v) is 8.08. The molecule has 6 heteroatoms. The summed E-state index contributed by atoms with van der Waals surface area (Å²) in [5, 5.41) is 0. The van der Waals surface area contributed by atoms with Gasteiger partial charge in [-0.1, -0.05) is 30.1 Å². The van der Waals surface area contributed by atoms with Crippen molar-refractivity contribution in [3.05, 3.63) is 58.1 Å². The van der Waals surface area contributed by atoms with E-state index in [2.05, 4.69) is 6.92 Å². The summed E-state index contributed by atoms with van der Waals surface area (Å²) in [7, 11) is 0. The highest BCUT2D eigenvalue weighted by Gasteiger charge is 2.09. The highest BCUT2D eigenvalue weighted by Crippen LogP contribution is 2.30. The van der Waals surface area contributed by atoms with Gasteiger partial charge in [-0.3, -0.25) is 0 Å². The smallest absolute Gasteiger partial charge is 0.125 e. The summed E-state index contributed by atoms with van der Waals surface area (Å²) >= 11 is 11.2. The van der Waals surface area contributed by atoms with Gasteiger partial charge in [0.1, 0.15) is 34.1 Å². The largest absolute Gasteiger partial charge is 0.493 e. The molecule has 4 nitrogen and oxygen atoms in total. The highest BCUT2D eigenvalue weighted by molar-refractivity contribution is 6.55. The van der Waals surface area contributed by atoms with Crippen LogP contribution in [0, 0.1) is 6.92 Å². The van der Waals surface area contributed by atoms with E-state index in [1.54, 1.807) is 6.08 Å². The Morgan fingerprint density at radius 3 is 2.23 bits per heavy atom. The molecule has 2 rings (SSSR count). The van der Waals surface area contributed by atoms with Crippen molar-refractivity contribution in [3.8, 4) is 23.0 Å². The fourth-order valence-corrected chi connectivity index (χ4v) is 3.00. The first-order valence-corrected chi connectivity index (χ1v) is 10.9. The van der Waals surface area contributed by atoms with Crippen LogP contribution in [0.3, 0.4) is 0 Å². The maximum Gasteiger partial charge on any atom is 0.125 e. The lowest BCUT2D eigenvalue weighted by Gasteiger charge is -2.16. The highest BCUT2D eigenvalue weighted by atomic mass is 35.5. The van der Waals surface area contributed by atoms with Crippen LogP contribution in [0.4, 0.5) is 0 Å². The lowest BCUT2D eigenvalue weighted by Crippen LogP contribution is -2.08. The monoisotopic (exact) mass is 452 g/mol. The van der Waals surface area contributed by atoms with Gasteiger partial charge in [-0.2, -0.15) is 0 Å². The maximum atomic E-state index is 6.05. The molecule has 0 bridgehead atoms. The van der Waals surface area contributed by atoms with E-state index in [4.69, 9.17) is 42.1 Å². The topological polar surface area (TPSA) is 36.9 Å². The van der Waals surface area contributed by atoms with Crippen LogP contribution < -0.4 is 18.9 Å². The van der Waals surface area contributed by atoms with E-state index in [9.17, 15) is 0 Å². The average Bonchev–Trinajstić information content (AvgIpc) is 2.69. The zero-order valence-electron chi connectivity index (χ0n) is 18.0. The van der Waals surface area contributed by atoms with Crippen molar-refractivity contribution in [3.63, 3.8) is 0 Å². The van der Waals surface area contributed by atoms with E-state index >= 15 is 0 Å². The number of aryl methyl sites for hydroxylation is 2. The molecule has 0 aliphatic heterocycles. The fraction of sp³-hybridized carbons (Fsp3) is 0.417. The van der Waals surface area contributed by atoms with E-state index in [0.717, 1.165) is 47.0 Å². The third kappa shape index (κ3) is 8.37. The predicted octanol–water partition coefficient (Wildman–Crippen LogP) is 6.89. The van der Waals surface area contributed by atoms with E-state index in [1.807, 2.05) is 57.2 Å². The van der Waals surface area contributed by atoms with Crippen molar-refractivity contribution in [2.45, 2.75) is 46.6 Å². The number of hydrogen-bond acceptors (Lipinski definition) is 4. The van der Waals surface area contributed by atoms with Gasteiger partial charge in [0.2, 0.25) is 0 Å². The molecule has 0 N–H and O–H groups in total. The molecule has 0 radical (unpaired) electrons. The Kier molecular flexibility index (Phi) is 10.2. The molecule has 0 spiro atoms. The van der Waals surface area contributed by atoms with E-state index in [0.29, 0.717) is 19.8 Å². The summed E-state index contributed by atoms with van der Waals surface area (Å²) in [4.78, 5) is 0. The van der Waals surface area contributed by atoms with Crippen LogP contribution in [0.15, 0.2) is 47.0 Å². The minimum atomic E-state index is 0.159. The second-order valence-electron chi connectivity index (χ2n) is 7.08. The third-order valence-electron chi connectivity index (χ3n) is 4.19. The van der Waals surface area contributed by atoms with E-state index < -0.39 is 0 Å². The van der Waals surface area contributed by atoms with Crippen molar-refractivity contribution in [1.82, 2.24) is 0 Å². The molecule has 0 atom stereocenters. The SMILES string of the molecule is CCc1cc(OCC=C(Cl)Cl)cc(C)c1OCCCOc1ccc(OC(C)C)cc1. The molecule has 0 aliphatic rings. The summed E-state index contributed by atoms with van der Waals surface area (Å²) in [5.41, 5.74) is 2.14. The van der Waals surface area contributed by atoms with Gasteiger partial charge in [0.05, 0.1) is 19.3 Å². The first-order valence-electron chi connectivity index (χ1n) is 10.2. The van der Waals surface area contributed by atoms with Gasteiger partial charge >= 0.3 is 0 Å². The molecule has 0 saturated carbocycles. The molecule has 0 fully saturated rings. The molecule has 0 saturated heterocycles. The van der Waals surface area contributed by atoms with Crippen molar-refractivity contribution < 1.29 is 18.9 Å². The molecule has 30 heavy (non-hydrogen) atoms. The lowest BCUT2D eigenvalue weighted by atomic mass is 10.1. The minimum absolute atomic E-state index is 0.159. The molecule has 0 heterocycles. The van der Waals surface area contributed by atoms with Crippen LogP contribution in [0.25, 0.3) is 0 Å².